The van der Waals surface area contributed by atoms with Crippen molar-refractivity contribution in [3.05, 3.63) is 0 Å². The van der Waals surface area contributed by atoms with Gasteiger partial charge >= 0.3 is 6.16 Å². The fourth-order valence-electron chi connectivity index (χ4n) is 1.41. The Morgan fingerprint density at radius 1 is 1.22 bits per heavy atom. The van der Waals surface area contributed by atoms with Crippen LogP contribution >= 0.6 is 0 Å². The minimum atomic E-state index is -0.535. The van der Waals surface area contributed by atoms with Crippen molar-refractivity contribution in [1.29, 1.82) is 0 Å². The predicted octanol–water partition coefficient (Wildman–Crippen LogP) is 3.72. The highest BCUT2D eigenvalue weighted by Crippen LogP contribution is 2.16. The Balaban J connectivity index is 0. The molecule has 0 amide bonds. The molecule has 0 rings (SSSR count). The molecule has 0 bridgehead atoms. The van der Waals surface area contributed by atoms with E-state index in [0.717, 1.165) is 19.3 Å². The molecule has 0 aliphatic heterocycles. The van der Waals surface area contributed by atoms with Gasteiger partial charge in [-0.25, -0.2) is 4.79 Å². The van der Waals surface area contributed by atoms with E-state index in [4.69, 9.17) is 9.47 Å². The summed E-state index contributed by atoms with van der Waals surface area (Å²) >= 11 is 0. The fourth-order valence-corrected chi connectivity index (χ4v) is 1.41. The first-order chi connectivity index (χ1) is 7.95. The third-order valence-electron chi connectivity index (χ3n) is 3.19. The molecule has 0 saturated carbocycles. The lowest BCUT2D eigenvalue weighted by Gasteiger charge is -2.23. The molecule has 0 aromatic heterocycles. The van der Waals surface area contributed by atoms with Gasteiger partial charge in [0.2, 0.25) is 0 Å². The lowest BCUT2D eigenvalue weighted by molar-refractivity contribution is -0.0240. The normalized spacial score (nSPS) is 12.5. The van der Waals surface area contributed by atoms with Gasteiger partial charge in [-0.3, -0.25) is 0 Å². The average molecular weight is 262 g/mol. The number of hydrogen-bond donors (Lipinski definition) is 0. The molecule has 0 spiro atoms. The predicted molar refractivity (Wildman–Crippen MR) is 73.7 cm³/mol. The molecule has 1 unspecified atom stereocenters. The van der Waals surface area contributed by atoms with Gasteiger partial charge in [-0.15, -0.1) is 0 Å². The zero-order chi connectivity index (χ0) is 13.3. The monoisotopic (exact) mass is 262 g/mol. The number of rotatable bonds is 8. The van der Waals surface area contributed by atoms with E-state index in [1.807, 2.05) is 20.8 Å². The van der Waals surface area contributed by atoms with Gasteiger partial charge in [0.1, 0.15) is 5.60 Å². The molecule has 110 valence electrons. The van der Waals surface area contributed by atoms with Crippen LogP contribution in [-0.2, 0) is 9.47 Å². The van der Waals surface area contributed by atoms with Gasteiger partial charge in [0.05, 0.1) is 6.61 Å². The van der Waals surface area contributed by atoms with Crippen LogP contribution in [0.5, 0.6) is 0 Å². The Morgan fingerprint density at radius 3 is 2.28 bits per heavy atom. The number of carbonyl (C=O) groups is 1. The van der Waals surface area contributed by atoms with E-state index in [1.54, 1.807) is 0 Å². The van der Waals surface area contributed by atoms with Gasteiger partial charge < -0.3 is 14.9 Å². The molecule has 0 fully saturated rings. The second kappa shape index (κ2) is 10.2. The molecule has 0 aliphatic carbocycles. The Morgan fingerprint density at radius 2 is 1.83 bits per heavy atom. The van der Waals surface area contributed by atoms with E-state index in [1.165, 1.54) is 12.8 Å². The topological polar surface area (TPSA) is 67.0 Å². The van der Waals surface area contributed by atoms with Crippen molar-refractivity contribution >= 4 is 6.16 Å². The first kappa shape index (κ1) is 19.6. The van der Waals surface area contributed by atoms with Crippen molar-refractivity contribution < 1.29 is 19.7 Å². The van der Waals surface area contributed by atoms with Gasteiger partial charge in [-0.2, -0.15) is 0 Å². The molecule has 18 heavy (non-hydrogen) atoms. The smallest absolute Gasteiger partial charge is 0.434 e. The van der Waals surface area contributed by atoms with E-state index in [0.29, 0.717) is 12.5 Å². The van der Waals surface area contributed by atoms with E-state index in [9.17, 15) is 4.79 Å². The molecule has 0 aromatic rings. The number of unbranched alkanes of at least 4 members (excludes halogenated alkanes) is 1. The maximum absolute atomic E-state index is 11.5. The van der Waals surface area contributed by atoms with Crippen molar-refractivity contribution in [2.24, 2.45) is 5.92 Å². The zero-order valence-corrected chi connectivity index (χ0v) is 12.5. The van der Waals surface area contributed by atoms with E-state index >= 15 is 0 Å². The minimum Gasteiger partial charge on any atom is -0.434 e. The van der Waals surface area contributed by atoms with Crippen LogP contribution in [0.4, 0.5) is 4.79 Å². The quantitative estimate of drug-likeness (QED) is 0.626. The molecule has 0 aliphatic rings. The Hall–Kier alpha value is -0.770. The van der Waals surface area contributed by atoms with Crippen LogP contribution in [0.2, 0.25) is 0 Å². The van der Waals surface area contributed by atoms with Crippen LogP contribution in [0, 0.1) is 5.92 Å². The van der Waals surface area contributed by atoms with Crippen molar-refractivity contribution in [3.63, 3.8) is 0 Å². The highest BCUT2D eigenvalue weighted by molar-refractivity contribution is 5.60. The Bertz CT molecular complexity index is 214. The summed E-state index contributed by atoms with van der Waals surface area (Å²) in [6.07, 6.45) is 4.80. The Labute approximate surface area is 111 Å². The third kappa shape index (κ3) is 9.28. The average Bonchev–Trinajstić information content (AvgIpc) is 2.29. The second-order valence-corrected chi connectivity index (χ2v) is 5.19. The first-order valence-corrected chi connectivity index (χ1v) is 6.80. The van der Waals surface area contributed by atoms with Crippen LogP contribution in [0.3, 0.4) is 0 Å². The van der Waals surface area contributed by atoms with Crippen molar-refractivity contribution in [2.45, 2.75) is 72.3 Å². The third-order valence-corrected chi connectivity index (χ3v) is 3.19. The first-order valence-electron chi connectivity index (χ1n) is 6.80. The van der Waals surface area contributed by atoms with Crippen molar-refractivity contribution in [1.82, 2.24) is 0 Å². The van der Waals surface area contributed by atoms with E-state index in [2.05, 4.69) is 13.8 Å². The maximum atomic E-state index is 11.5. The summed E-state index contributed by atoms with van der Waals surface area (Å²) in [6.45, 7) is 10.6. The van der Waals surface area contributed by atoms with Crippen LogP contribution in [0.15, 0.2) is 0 Å². The highest BCUT2D eigenvalue weighted by atomic mass is 16.7. The minimum absolute atomic E-state index is 0. The highest BCUT2D eigenvalue weighted by Gasteiger charge is 2.22. The largest absolute Gasteiger partial charge is 0.508 e. The van der Waals surface area contributed by atoms with E-state index in [-0.39, 0.29) is 5.48 Å². The molecule has 2 N–H and O–H groups in total. The number of carbonyl (C=O) groups excluding carboxylic acids is 1. The molecular weight excluding hydrogens is 232 g/mol. The lowest BCUT2D eigenvalue weighted by atomic mass is 10.0. The van der Waals surface area contributed by atoms with Crippen LogP contribution in [-0.4, -0.2) is 23.8 Å². The molecule has 1 atom stereocenters. The summed E-state index contributed by atoms with van der Waals surface area (Å²) in [7, 11) is 0. The number of hydrogen-bond acceptors (Lipinski definition) is 3. The summed E-state index contributed by atoms with van der Waals surface area (Å²) in [5.74, 6) is 0.465. The molecule has 4 nitrogen and oxygen atoms in total. The maximum Gasteiger partial charge on any atom is 0.508 e. The standard InChI is InChI=1S/C14H28O3.H2O/c1-6-9-10-12(7-2)11-16-13(15)17-14(4,5)8-3;/h12H,6-11H2,1-5H3;1H2. The van der Waals surface area contributed by atoms with Crippen molar-refractivity contribution in [2.75, 3.05) is 6.61 Å². The fraction of sp³-hybridized carbons (Fsp3) is 0.929. The van der Waals surface area contributed by atoms with Gasteiger partial charge in [-0.1, -0.05) is 40.0 Å². The summed E-state index contributed by atoms with van der Waals surface area (Å²) in [5, 5.41) is 0. The molecule has 4 heteroatoms. The van der Waals surface area contributed by atoms with Gasteiger partial charge in [-0.05, 0) is 32.6 Å². The molecule has 0 heterocycles. The van der Waals surface area contributed by atoms with Crippen LogP contribution < -0.4 is 0 Å². The second-order valence-electron chi connectivity index (χ2n) is 5.19. The zero-order valence-electron chi connectivity index (χ0n) is 12.5. The SMILES string of the molecule is CCCCC(CC)COC(=O)OC(C)(C)CC.O. The van der Waals surface area contributed by atoms with Gasteiger partial charge in [0.15, 0.2) is 0 Å². The van der Waals surface area contributed by atoms with Crippen LogP contribution in [0.1, 0.15) is 66.7 Å². The van der Waals surface area contributed by atoms with E-state index < -0.39 is 11.8 Å². The lowest BCUT2D eigenvalue weighted by Crippen LogP contribution is -2.28. The molecule has 0 saturated heterocycles. The van der Waals surface area contributed by atoms with Gasteiger partial charge in [0, 0.05) is 0 Å². The Kier molecular flexibility index (Phi) is 11.1. The number of ether oxygens (including phenoxy) is 2. The molecular formula is C14H30O4. The summed E-state index contributed by atoms with van der Waals surface area (Å²) < 4.78 is 10.4. The molecule has 0 aromatic carbocycles. The summed E-state index contributed by atoms with van der Waals surface area (Å²) in [6, 6.07) is 0. The van der Waals surface area contributed by atoms with Crippen molar-refractivity contribution in [3.8, 4) is 0 Å². The molecule has 0 radical (unpaired) electrons. The summed E-state index contributed by atoms with van der Waals surface area (Å²) in [4.78, 5) is 11.5. The summed E-state index contributed by atoms with van der Waals surface area (Å²) in [5.41, 5.74) is -0.428. The van der Waals surface area contributed by atoms with Crippen LogP contribution in [0.25, 0.3) is 0 Å². The van der Waals surface area contributed by atoms with Gasteiger partial charge in [0.25, 0.3) is 0 Å².